The molecule has 0 aliphatic carbocycles. The van der Waals surface area contributed by atoms with Gasteiger partial charge in [-0.1, -0.05) is 49.0 Å². The third-order valence-electron chi connectivity index (χ3n) is 4.64. The lowest BCUT2D eigenvalue weighted by Crippen LogP contribution is -2.24. The molecule has 0 saturated heterocycles. The van der Waals surface area contributed by atoms with Crippen LogP contribution in [-0.2, 0) is 6.42 Å². The summed E-state index contributed by atoms with van der Waals surface area (Å²) in [5, 5.41) is 0.860. The average molecular weight is 425 g/mol. The maximum Gasteiger partial charge on any atom is 0.272 e. The molecule has 0 bridgehead atoms. The summed E-state index contributed by atoms with van der Waals surface area (Å²) in [6.45, 7) is 2.09. The molecule has 29 heavy (non-hydrogen) atoms. The smallest absolute Gasteiger partial charge is 0.272 e. The van der Waals surface area contributed by atoms with Gasteiger partial charge >= 0.3 is 0 Å². The Bertz CT molecular complexity index is 1100. The van der Waals surface area contributed by atoms with E-state index < -0.39 is 0 Å². The first-order valence-corrected chi connectivity index (χ1v) is 11.1. The zero-order valence-electron chi connectivity index (χ0n) is 16.1. The Labute approximate surface area is 177 Å². The molecule has 0 amide bonds. The van der Waals surface area contributed by atoms with Gasteiger partial charge in [-0.25, -0.2) is 4.98 Å². The number of carbonyl (C=O) groups is 1. The monoisotopic (exact) mass is 424 g/mol. The van der Waals surface area contributed by atoms with Gasteiger partial charge in [-0.05, 0) is 24.3 Å². The third kappa shape index (κ3) is 4.11. The number of aromatic nitrogens is 2. The van der Waals surface area contributed by atoms with Gasteiger partial charge in [0.1, 0.15) is 5.75 Å². The predicted molar refractivity (Wildman–Crippen MR) is 117 cm³/mol. The van der Waals surface area contributed by atoms with Crippen LogP contribution in [0.1, 0.15) is 23.0 Å². The van der Waals surface area contributed by atoms with E-state index in [9.17, 15) is 9.59 Å². The van der Waals surface area contributed by atoms with Gasteiger partial charge in [-0.15, -0.1) is 11.8 Å². The minimum atomic E-state index is -0.0795. The third-order valence-corrected chi connectivity index (χ3v) is 6.79. The molecule has 1 atom stereocenters. The maximum atomic E-state index is 13.3. The Balaban J connectivity index is 1.71. The highest BCUT2D eigenvalue weighted by Gasteiger charge is 2.27. The second kappa shape index (κ2) is 8.47. The predicted octanol–water partition coefficient (Wildman–Crippen LogP) is 4.25. The number of carbonyl (C=O) groups excluding carboxylic acids is 1. The molecule has 0 spiro atoms. The van der Waals surface area contributed by atoms with Crippen LogP contribution >= 0.6 is 23.5 Å². The van der Waals surface area contributed by atoms with E-state index in [-0.39, 0.29) is 17.1 Å². The average Bonchev–Trinajstić information content (AvgIpc) is 3.13. The summed E-state index contributed by atoms with van der Waals surface area (Å²) in [7, 11) is 1.60. The van der Waals surface area contributed by atoms with Crippen LogP contribution in [0.15, 0.2) is 69.4 Å². The Kier molecular flexibility index (Phi) is 5.78. The van der Waals surface area contributed by atoms with Gasteiger partial charge in [0.05, 0.1) is 29.1 Å². The summed E-state index contributed by atoms with van der Waals surface area (Å²) in [4.78, 5) is 31.3. The van der Waals surface area contributed by atoms with Crippen molar-refractivity contribution in [1.82, 2.24) is 9.55 Å². The van der Waals surface area contributed by atoms with Crippen molar-refractivity contribution in [3.8, 4) is 11.4 Å². The van der Waals surface area contributed by atoms with Crippen LogP contribution in [0.3, 0.4) is 0 Å². The van der Waals surface area contributed by atoms with E-state index in [4.69, 9.17) is 9.72 Å². The molecule has 1 aliphatic rings. The zero-order chi connectivity index (χ0) is 20.4. The molecule has 0 fully saturated rings. The zero-order valence-corrected chi connectivity index (χ0v) is 17.8. The summed E-state index contributed by atoms with van der Waals surface area (Å²) in [6.07, 6.45) is 0.763. The molecule has 7 heteroatoms. The first-order valence-electron chi connectivity index (χ1n) is 9.25. The lowest BCUT2D eigenvalue weighted by Gasteiger charge is -2.14. The van der Waals surface area contributed by atoms with Crippen LogP contribution in [-0.4, -0.2) is 33.4 Å². The molecular weight excluding hydrogens is 404 g/mol. The van der Waals surface area contributed by atoms with Gasteiger partial charge in [-0.2, -0.15) is 0 Å². The van der Waals surface area contributed by atoms with Gasteiger partial charge < -0.3 is 4.74 Å². The van der Waals surface area contributed by atoms with Gasteiger partial charge in [0.25, 0.3) is 5.56 Å². The highest BCUT2D eigenvalue weighted by molar-refractivity contribution is 8.00. The number of thioether (sulfide) groups is 2. The van der Waals surface area contributed by atoms with E-state index >= 15 is 0 Å². The van der Waals surface area contributed by atoms with Crippen molar-refractivity contribution in [2.45, 2.75) is 28.6 Å². The van der Waals surface area contributed by atoms with Crippen molar-refractivity contribution >= 4 is 29.3 Å². The highest BCUT2D eigenvalue weighted by Crippen LogP contribution is 2.35. The number of Topliss-reactive ketones (excluding diaryl/α,β-unsaturated/α-hetero) is 1. The number of hydrogen-bond donors (Lipinski definition) is 0. The fraction of sp³-hybridized carbons (Fsp3) is 0.227. The van der Waals surface area contributed by atoms with Gasteiger partial charge in [0.15, 0.2) is 10.9 Å². The summed E-state index contributed by atoms with van der Waals surface area (Å²) < 4.78 is 6.83. The largest absolute Gasteiger partial charge is 0.497 e. The molecule has 0 saturated carbocycles. The number of rotatable bonds is 6. The molecule has 1 aromatic heterocycles. The molecular formula is C22H20N2O3S2. The van der Waals surface area contributed by atoms with Crippen molar-refractivity contribution in [1.29, 1.82) is 0 Å². The van der Waals surface area contributed by atoms with Crippen molar-refractivity contribution in [2.75, 3.05) is 12.9 Å². The van der Waals surface area contributed by atoms with E-state index in [0.29, 0.717) is 32.3 Å². The minimum Gasteiger partial charge on any atom is -0.497 e. The summed E-state index contributed by atoms with van der Waals surface area (Å²) >= 11 is 2.87. The van der Waals surface area contributed by atoms with Crippen LogP contribution in [0.25, 0.3) is 5.69 Å². The van der Waals surface area contributed by atoms with Crippen molar-refractivity contribution in [3.05, 3.63) is 76.2 Å². The van der Waals surface area contributed by atoms with Crippen molar-refractivity contribution in [2.24, 2.45) is 0 Å². The Morgan fingerprint density at radius 3 is 2.62 bits per heavy atom. The molecule has 2 aromatic carbocycles. The van der Waals surface area contributed by atoms with Crippen LogP contribution in [0.2, 0.25) is 0 Å². The Morgan fingerprint density at radius 1 is 1.21 bits per heavy atom. The van der Waals surface area contributed by atoms with Gasteiger partial charge in [0, 0.05) is 17.2 Å². The first kappa shape index (κ1) is 19.8. The fourth-order valence-corrected chi connectivity index (χ4v) is 5.21. The van der Waals surface area contributed by atoms with E-state index in [2.05, 4.69) is 6.92 Å². The summed E-state index contributed by atoms with van der Waals surface area (Å²) in [5.74, 6) is 0.940. The molecule has 0 unspecified atom stereocenters. The van der Waals surface area contributed by atoms with E-state index in [1.807, 2.05) is 42.5 Å². The number of nitrogens with zero attached hydrogens (tertiary/aromatic N) is 2. The number of hydrogen-bond acceptors (Lipinski definition) is 6. The standard InChI is InChI=1S/C22H20N2O3S2/c1-14-12-18-20(29-14)21(26)24(16-8-10-17(27-2)11-9-16)22(23-18)28-13-19(25)15-6-4-3-5-7-15/h3-11,14H,12-13H2,1-2H3/t14-/m0/s1. The lowest BCUT2D eigenvalue weighted by atomic mass is 10.2. The molecule has 1 aliphatic heterocycles. The van der Waals surface area contributed by atoms with Crippen LogP contribution in [0, 0.1) is 0 Å². The molecule has 148 valence electrons. The Morgan fingerprint density at radius 2 is 1.93 bits per heavy atom. The maximum absolute atomic E-state index is 13.3. The van der Waals surface area contributed by atoms with Gasteiger partial charge in [-0.3, -0.25) is 14.2 Å². The molecule has 3 aromatic rings. The van der Waals surface area contributed by atoms with E-state index in [1.54, 1.807) is 35.6 Å². The van der Waals surface area contributed by atoms with Crippen LogP contribution in [0.5, 0.6) is 5.75 Å². The summed E-state index contributed by atoms with van der Waals surface area (Å²) in [6, 6.07) is 16.5. The highest BCUT2D eigenvalue weighted by atomic mass is 32.2. The van der Waals surface area contributed by atoms with E-state index in [1.165, 1.54) is 11.8 Å². The topological polar surface area (TPSA) is 61.2 Å². The van der Waals surface area contributed by atoms with Crippen LogP contribution in [0.4, 0.5) is 0 Å². The molecule has 0 N–H and O–H groups in total. The second-order valence-corrected chi connectivity index (χ2v) is 9.11. The van der Waals surface area contributed by atoms with Gasteiger partial charge in [0.2, 0.25) is 0 Å². The normalized spacial score (nSPS) is 15.2. The lowest BCUT2D eigenvalue weighted by molar-refractivity contribution is 0.102. The summed E-state index contributed by atoms with van der Waals surface area (Å²) in [5.41, 5.74) is 2.11. The number of ketones is 1. The van der Waals surface area contributed by atoms with E-state index in [0.717, 1.165) is 12.1 Å². The number of methoxy groups -OCH3 is 1. The second-order valence-electron chi connectivity index (χ2n) is 6.72. The molecule has 0 radical (unpaired) electrons. The Hall–Kier alpha value is -2.51. The molecule has 2 heterocycles. The van der Waals surface area contributed by atoms with Crippen molar-refractivity contribution in [3.63, 3.8) is 0 Å². The van der Waals surface area contributed by atoms with Crippen molar-refractivity contribution < 1.29 is 9.53 Å². The SMILES string of the molecule is COc1ccc(-n2c(SCC(=O)c3ccccc3)nc3c(c2=O)S[C@@H](C)C3)cc1. The molecule has 4 rings (SSSR count). The van der Waals surface area contributed by atoms with Crippen LogP contribution < -0.4 is 10.3 Å². The number of ether oxygens (including phenoxy) is 1. The fourth-order valence-electron chi connectivity index (χ4n) is 3.19. The molecule has 5 nitrogen and oxygen atoms in total. The number of benzene rings is 2. The quantitative estimate of drug-likeness (QED) is 0.335. The first-order chi connectivity index (χ1) is 14.1. The minimum absolute atomic E-state index is 0.00868. The number of fused-ring (bicyclic) bond motifs is 1.